The minimum Gasteiger partial charge on any atom is -0.396 e. The van der Waals surface area contributed by atoms with Gasteiger partial charge < -0.3 is 14.6 Å². The maximum Gasteiger partial charge on any atom is 0.139 e. The summed E-state index contributed by atoms with van der Waals surface area (Å²) in [6, 6.07) is 12.3. The van der Waals surface area contributed by atoms with Gasteiger partial charge in [0.2, 0.25) is 0 Å². The van der Waals surface area contributed by atoms with Crippen LogP contribution in [0.3, 0.4) is 0 Å². The molecular formula is C19H19F2NO3. The standard InChI is InChI=1S/C19H19F2NO3/c20-15-5-1-13(2-6-15)17-22-18(14-3-7-16(21)8-4-14)25-12-19(22,9-10-23)11-24-17/h1-8,17-18,23H,9-12H2/t17-,18+,19-. The summed E-state index contributed by atoms with van der Waals surface area (Å²) >= 11 is 0. The van der Waals surface area contributed by atoms with Crippen LogP contribution in [0.1, 0.15) is 30.0 Å². The van der Waals surface area contributed by atoms with Crippen molar-refractivity contribution < 1.29 is 23.4 Å². The van der Waals surface area contributed by atoms with Gasteiger partial charge in [-0.3, -0.25) is 0 Å². The normalized spacial score (nSPS) is 29.1. The molecule has 2 aromatic carbocycles. The maximum absolute atomic E-state index is 13.3. The fourth-order valence-electron chi connectivity index (χ4n) is 3.69. The maximum atomic E-state index is 13.3. The smallest absolute Gasteiger partial charge is 0.139 e. The van der Waals surface area contributed by atoms with Gasteiger partial charge in [-0.15, -0.1) is 0 Å². The molecule has 2 fully saturated rings. The number of ether oxygens (including phenoxy) is 2. The molecule has 6 heteroatoms. The summed E-state index contributed by atoms with van der Waals surface area (Å²) in [7, 11) is 0. The van der Waals surface area contributed by atoms with Crippen molar-refractivity contribution in [1.29, 1.82) is 0 Å². The zero-order chi connectivity index (χ0) is 17.4. The molecule has 2 aliphatic rings. The highest BCUT2D eigenvalue weighted by atomic mass is 19.1. The Bertz CT molecular complexity index is 678. The lowest BCUT2D eigenvalue weighted by atomic mass is 9.96. The van der Waals surface area contributed by atoms with Gasteiger partial charge >= 0.3 is 0 Å². The Kier molecular flexibility index (Phi) is 4.29. The number of fused-ring (bicyclic) bond motifs is 1. The monoisotopic (exact) mass is 347 g/mol. The fourth-order valence-corrected chi connectivity index (χ4v) is 3.69. The Morgan fingerprint density at radius 1 is 0.880 bits per heavy atom. The van der Waals surface area contributed by atoms with Crippen LogP contribution >= 0.6 is 0 Å². The van der Waals surface area contributed by atoms with Crippen molar-refractivity contribution in [2.75, 3.05) is 19.8 Å². The van der Waals surface area contributed by atoms with Crippen molar-refractivity contribution in [1.82, 2.24) is 4.90 Å². The lowest BCUT2D eigenvalue weighted by molar-refractivity contribution is -0.0623. The zero-order valence-electron chi connectivity index (χ0n) is 13.6. The van der Waals surface area contributed by atoms with E-state index in [0.29, 0.717) is 19.6 Å². The van der Waals surface area contributed by atoms with E-state index in [4.69, 9.17) is 9.47 Å². The Balaban J connectivity index is 1.72. The highest BCUT2D eigenvalue weighted by molar-refractivity contribution is 5.25. The summed E-state index contributed by atoms with van der Waals surface area (Å²) in [6.07, 6.45) is -0.322. The van der Waals surface area contributed by atoms with E-state index in [1.54, 1.807) is 24.3 Å². The van der Waals surface area contributed by atoms with E-state index >= 15 is 0 Å². The highest BCUT2D eigenvalue weighted by Gasteiger charge is 2.56. The summed E-state index contributed by atoms with van der Waals surface area (Å²) in [6.45, 7) is 0.829. The molecule has 2 aromatic rings. The average molecular weight is 347 g/mol. The number of hydrogen-bond acceptors (Lipinski definition) is 4. The molecule has 2 saturated heterocycles. The summed E-state index contributed by atoms with van der Waals surface area (Å²) in [5, 5.41) is 9.52. The Labute approximate surface area is 144 Å². The first-order valence-corrected chi connectivity index (χ1v) is 8.26. The largest absolute Gasteiger partial charge is 0.396 e. The lowest BCUT2D eigenvalue weighted by Gasteiger charge is -2.34. The van der Waals surface area contributed by atoms with Gasteiger partial charge in [0.1, 0.15) is 24.1 Å². The molecule has 3 atom stereocenters. The van der Waals surface area contributed by atoms with E-state index in [9.17, 15) is 13.9 Å². The molecule has 4 nitrogen and oxygen atoms in total. The molecule has 0 aromatic heterocycles. The second kappa shape index (κ2) is 6.46. The summed E-state index contributed by atoms with van der Waals surface area (Å²) in [4.78, 5) is 2.07. The van der Waals surface area contributed by atoms with Crippen LogP contribution in [0.15, 0.2) is 48.5 Å². The number of hydrogen-bond donors (Lipinski definition) is 1. The Morgan fingerprint density at radius 3 is 1.72 bits per heavy atom. The van der Waals surface area contributed by atoms with Crippen LogP contribution in [-0.4, -0.2) is 35.4 Å². The van der Waals surface area contributed by atoms with Crippen LogP contribution < -0.4 is 0 Å². The first-order valence-electron chi connectivity index (χ1n) is 8.26. The van der Waals surface area contributed by atoms with E-state index in [2.05, 4.69) is 4.90 Å². The van der Waals surface area contributed by atoms with Gasteiger partial charge in [-0.1, -0.05) is 24.3 Å². The average Bonchev–Trinajstić information content (AvgIpc) is 3.14. The van der Waals surface area contributed by atoms with Gasteiger partial charge in [-0.05, 0) is 41.8 Å². The number of nitrogens with zero attached hydrogens (tertiary/aromatic N) is 1. The molecule has 2 heterocycles. The van der Waals surface area contributed by atoms with Crippen LogP contribution in [0.25, 0.3) is 0 Å². The van der Waals surface area contributed by atoms with Crippen molar-refractivity contribution in [3.63, 3.8) is 0 Å². The molecule has 2 aliphatic heterocycles. The van der Waals surface area contributed by atoms with Gasteiger partial charge in [0.25, 0.3) is 0 Å². The van der Waals surface area contributed by atoms with Gasteiger partial charge in [-0.25, -0.2) is 13.7 Å². The Morgan fingerprint density at radius 2 is 1.32 bits per heavy atom. The van der Waals surface area contributed by atoms with E-state index in [1.807, 2.05) is 0 Å². The quantitative estimate of drug-likeness (QED) is 0.923. The molecule has 0 spiro atoms. The lowest BCUT2D eigenvalue weighted by Crippen LogP contribution is -2.45. The summed E-state index contributed by atoms with van der Waals surface area (Å²) < 4.78 is 38.6. The fraction of sp³-hybridized carbons (Fsp3) is 0.368. The highest BCUT2D eigenvalue weighted by Crippen LogP contribution is 2.50. The molecule has 132 valence electrons. The first-order chi connectivity index (χ1) is 12.1. The van der Waals surface area contributed by atoms with Crippen molar-refractivity contribution in [2.24, 2.45) is 0 Å². The number of aliphatic hydroxyl groups is 1. The number of halogens is 2. The third-order valence-electron chi connectivity index (χ3n) is 4.96. The third kappa shape index (κ3) is 2.85. The number of rotatable bonds is 4. The van der Waals surface area contributed by atoms with Gasteiger partial charge in [0.05, 0.1) is 18.8 Å². The SMILES string of the molecule is OCC[C@]12CO[C@H](c3ccc(F)cc3)N1[C@H](c1ccc(F)cc1)OC2. The van der Waals surface area contributed by atoms with E-state index in [1.165, 1.54) is 24.3 Å². The van der Waals surface area contributed by atoms with Crippen LogP contribution in [0, 0.1) is 11.6 Å². The van der Waals surface area contributed by atoms with Crippen LogP contribution in [0.4, 0.5) is 8.78 Å². The molecule has 0 unspecified atom stereocenters. The second-order valence-corrected chi connectivity index (χ2v) is 6.54. The minimum absolute atomic E-state index is 0.00942. The van der Waals surface area contributed by atoms with E-state index in [-0.39, 0.29) is 18.2 Å². The second-order valence-electron chi connectivity index (χ2n) is 6.54. The summed E-state index contributed by atoms with van der Waals surface area (Å²) in [5.41, 5.74) is 1.19. The molecule has 0 amide bonds. The van der Waals surface area contributed by atoms with Gasteiger partial charge in [0.15, 0.2) is 0 Å². The van der Waals surface area contributed by atoms with Crippen molar-refractivity contribution in [3.05, 3.63) is 71.3 Å². The molecule has 25 heavy (non-hydrogen) atoms. The first kappa shape index (κ1) is 16.6. The molecule has 0 radical (unpaired) electrons. The predicted molar refractivity (Wildman–Crippen MR) is 86.5 cm³/mol. The van der Waals surface area contributed by atoms with Crippen LogP contribution in [0.2, 0.25) is 0 Å². The number of benzene rings is 2. The molecular weight excluding hydrogens is 328 g/mol. The van der Waals surface area contributed by atoms with Gasteiger partial charge in [-0.2, -0.15) is 0 Å². The van der Waals surface area contributed by atoms with Gasteiger partial charge in [0, 0.05) is 6.61 Å². The zero-order valence-corrected chi connectivity index (χ0v) is 13.6. The van der Waals surface area contributed by atoms with Crippen LogP contribution in [0.5, 0.6) is 0 Å². The van der Waals surface area contributed by atoms with Crippen molar-refractivity contribution in [3.8, 4) is 0 Å². The molecule has 0 aliphatic carbocycles. The minimum atomic E-state index is -0.452. The third-order valence-corrected chi connectivity index (χ3v) is 4.96. The molecule has 0 saturated carbocycles. The molecule has 1 N–H and O–H groups in total. The summed E-state index contributed by atoms with van der Waals surface area (Å²) in [5.74, 6) is -0.618. The van der Waals surface area contributed by atoms with Crippen LogP contribution in [-0.2, 0) is 9.47 Å². The predicted octanol–water partition coefficient (Wildman–Crippen LogP) is 3.15. The van der Waals surface area contributed by atoms with E-state index in [0.717, 1.165) is 11.1 Å². The molecule has 4 rings (SSSR count). The number of aliphatic hydroxyl groups excluding tert-OH is 1. The topological polar surface area (TPSA) is 41.9 Å². The van der Waals surface area contributed by atoms with Crippen molar-refractivity contribution >= 4 is 0 Å². The van der Waals surface area contributed by atoms with Crippen molar-refractivity contribution in [2.45, 2.75) is 24.4 Å². The molecule has 0 bridgehead atoms. The van der Waals surface area contributed by atoms with E-state index < -0.39 is 18.0 Å². The Hall–Kier alpha value is -1.86.